The summed E-state index contributed by atoms with van der Waals surface area (Å²) in [6.45, 7) is 0. The van der Waals surface area contributed by atoms with E-state index in [0.717, 1.165) is 3.57 Å². The smallest absolute Gasteiger partial charge is 0.256 e. The molecule has 2 aromatic carbocycles. The fourth-order valence-electron chi connectivity index (χ4n) is 1.65. The molecule has 0 aromatic heterocycles. The van der Waals surface area contributed by atoms with E-state index in [2.05, 4.69) is 43.8 Å². The third kappa shape index (κ3) is 4.02. The largest absolute Gasteiger partial charge is 0.322 e. The van der Waals surface area contributed by atoms with Crippen molar-refractivity contribution in [3.05, 3.63) is 56.1 Å². The van der Waals surface area contributed by atoms with Crippen LogP contribution in [0.5, 0.6) is 0 Å². The number of primary sulfonamides is 1. The maximum atomic E-state index is 12.2. The van der Waals surface area contributed by atoms with Gasteiger partial charge in [0.25, 0.3) is 5.91 Å². The van der Waals surface area contributed by atoms with Crippen LogP contribution in [0.4, 0.5) is 5.69 Å². The highest BCUT2D eigenvalue weighted by molar-refractivity contribution is 14.1. The van der Waals surface area contributed by atoms with Crippen molar-refractivity contribution >= 4 is 60.1 Å². The Bertz CT molecular complexity index is 809. The number of sulfonamides is 1. The van der Waals surface area contributed by atoms with Crippen LogP contribution in [-0.4, -0.2) is 14.3 Å². The minimum Gasteiger partial charge on any atom is -0.322 e. The van der Waals surface area contributed by atoms with Crippen LogP contribution in [0.2, 0.25) is 0 Å². The number of nitrogens with two attached hydrogens (primary N) is 1. The van der Waals surface area contributed by atoms with Gasteiger partial charge < -0.3 is 5.32 Å². The Labute approximate surface area is 144 Å². The molecule has 0 heterocycles. The van der Waals surface area contributed by atoms with Gasteiger partial charge in [-0.3, -0.25) is 4.79 Å². The van der Waals surface area contributed by atoms with E-state index in [1.54, 1.807) is 12.1 Å². The Morgan fingerprint density at radius 2 is 1.86 bits per heavy atom. The molecule has 0 bridgehead atoms. The number of amides is 1. The molecule has 110 valence electrons. The third-order valence-corrected chi connectivity index (χ3v) is 5.44. The fourth-order valence-corrected chi connectivity index (χ4v) is 3.93. The minimum atomic E-state index is -3.80. The predicted molar refractivity (Wildman–Crippen MR) is 92.6 cm³/mol. The summed E-state index contributed by atoms with van der Waals surface area (Å²) in [6.07, 6.45) is 0. The molecule has 0 saturated carbocycles. The first kappa shape index (κ1) is 16.4. The van der Waals surface area contributed by atoms with Crippen LogP contribution in [0, 0.1) is 3.57 Å². The van der Waals surface area contributed by atoms with Gasteiger partial charge in [0, 0.05) is 13.7 Å². The van der Waals surface area contributed by atoms with Crippen LogP contribution < -0.4 is 10.5 Å². The molecular weight excluding hydrogens is 471 g/mol. The maximum Gasteiger partial charge on any atom is 0.256 e. The second-order valence-corrected chi connectivity index (χ2v) is 7.67. The van der Waals surface area contributed by atoms with Gasteiger partial charge >= 0.3 is 0 Å². The van der Waals surface area contributed by atoms with Crippen LogP contribution in [0.1, 0.15) is 10.4 Å². The zero-order valence-corrected chi connectivity index (χ0v) is 15.1. The van der Waals surface area contributed by atoms with Crippen molar-refractivity contribution in [1.29, 1.82) is 0 Å². The molecule has 1 amide bonds. The number of hydrogen-bond acceptors (Lipinski definition) is 3. The second kappa shape index (κ2) is 6.42. The normalized spacial score (nSPS) is 11.2. The average Bonchev–Trinajstić information content (AvgIpc) is 2.37. The van der Waals surface area contributed by atoms with E-state index >= 15 is 0 Å². The third-order valence-electron chi connectivity index (χ3n) is 2.61. The quantitative estimate of drug-likeness (QED) is 0.662. The zero-order chi connectivity index (χ0) is 15.6. The number of nitrogens with one attached hydrogen (secondary N) is 1. The van der Waals surface area contributed by atoms with Crippen LogP contribution >= 0.6 is 38.5 Å². The van der Waals surface area contributed by atoms with E-state index in [4.69, 9.17) is 5.14 Å². The maximum absolute atomic E-state index is 12.2. The molecular formula is C13H10BrIN2O3S. The number of hydrogen-bond donors (Lipinski definition) is 2. The molecule has 0 aliphatic carbocycles. The molecule has 8 heteroatoms. The molecule has 0 unspecified atom stereocenters. The molecule has 0 fully saturated rings. The predicted octanol–water partition coefficient (Wildman–Crippen LogP) is 2.95. The van der Waals surface area contributed by atoms with Gasteiger partial charge in [0.2, 0.25) is 10.0 Å². The van der Waals surface area contributed by atoms with Crippen LogP contribution in [0.15, 0.2) is 51.8 Å². The molecule has 0 saturated heterocycles. The van der Waals surface area contributed by atoms with Crippen molar-refractivity contribution in [1.82, 2.24) is 0 Å². The van der Waals surface area contributed by atoms with Gasteiger partial charge in [-0.1, -0.05) is 12.1 Å². The van der Waals surface area contributed by atoms with Crippen LogP contribution in [-0.2, 0) is 10.0 Å². The SMILES string of the molecule is NS(=O)(=O)c1ccc(NC(=O)c2ccccc2I)cc1Br. The van der Waals surface area contributed by atoms with E-state index in [0.29, 0.717) is 15.7 Å². The van der Waals surface area contributed by atoms with E-state index in [1.165, 1.54) is 18.2 Å². The van der Waals surface area contributed by atoms with Crippen molar-refractivity contribution in [2.75, 3.05) is 5.32 Å². The van der Waals surface area contributed by atoms with Crippen LogP contribution in [0.25, 0.3) is 0 Å². The Balaban J connectivity index is 2.27. The first-order valence-corrected chi connectivity index (χ1v) is 9.09. The summed E-state index contributed by atoms with van der Waals surface area (Å²) in [5.41, 5.74) is 1.02. The average molecular weight is 481 g/mol. The minimum absolute atomic E-state index is 0.0326. The number of carbonyl (C=O) groups is 1. The Kier molecular flexibility index (Phi) is 5.02. The molecule has 3 N–H and O–H groups in total. The Morgan fingerprint density at radius 3 is 2.43 bits per heavy atom. The van der Waals surface area contributed by atoms with E-state index in [-0.39, 0.29) is 10.8 Å². The van der Waals surface area contributed by atoms with Gasteiger partial charge in [-0.15, -0.1) is 0 Å². The molecule has 0 atom stereocenters. The summed E-state index contributed by atoms with van der Waals surface area (Å²) in [7, 11) is -3.80. The molecule has 0 radical (unpaired) electrons. The molecule has 2 rings (SSSR count). The Morgan fingerprint density at radius 1 is 1.19 bits per heavy atom. The molecule has 21 heavy (non-hydrogen) atoms. The van der Waals surface area contributed by atoms with Gasteiger partial charge in [0.05, 0.1) is 10.5 Å². The van der Waals surface area contributed by atoms with E-state index < -0.39 is 10.0 Å². The van der Waals surface area contributed by atoms with E-state index in [1.807, 2.05) is 12.1 Å². The molecule has 0 aliphatic rings. The molecule has 5 nitrogen and oxygen atoms in total. The molecule has 2 aromatic rings. The van der Waals surface area contributed by atoms with Crippen LogP contribution in [0.3, 0.4) is 0 Å². The van der Waals surface area contributed by atoms with Gasteiger partial charge in [-0.05, 0) is 68.9 Å². The number of halogens is 2. The summed E-state index contributed by atoms with van der Waals surface area (Å²) < 4.78 is 23.7. The van der Waals surface area contributed by atoms with Crippen molar-refractivity contribution in [3.63, 3.8) is 0 Å². The van der Waals surface area contributed by atoms with Gasteiger partial charge in [-0.2, -0.15) is 0 Å². The first-order chi connectivity index (χ1) is 9.79. The summed E-state index contributed by atoms with van der Waals surface area (Å²) in [5, 5.41) is 7.78. The number of rotatable bonds is 3. The number of benzene rings is 2. The van der Waals surface area contributed by atoms with Crippen molar-refractivity contribution in [3.8, 4) is 0 Å². The monoisotopic (exact) mass is 480 g/mol. The lowest BCUT2D eigenvalue weighted by Gasteiger charge is -2.09. The standard InChI is InChI=1S/C13H10BrIN2O3S/c14-10-7-8(5-6-12(10)21(16,19)20)17-13(18)9-3-1-2-4-11(9)15/h1-7H,(H,17,18)(H2,16,19,20). The highest BCUT2D eigenvalue weighted by Gasteiger charge is 2.14. The first-order valence-electron chi connectivity index (χ1n) is 5.67. The highest BCUT2D eigenvalue weighted by Crippen LogP contribution is 2.25. The highest BCUT2D eigenvalue weighted by atomic mass is 127. The lowest BCUT2D eigenvalue weighted by molar-refractivity contribution is 0.102. The Hall–Kier alpha value is -0.970. The lowest BCUT2D eigenvalue weighted by Crippen LogP contribution is -2.15. The van der Waals surface area contributed by atoms with Crippen molar-refractivity contribution in [2.24, 2.45) is 5.14 Å². The topological polar surface area (TPSA) is 89.3 Å². The lowest BCUT2D eigenvalue weighted by atomic mass is 10.2. The molecule has 0 spiro atoms. The summed E-state index contributed by atoms with van der Waals surface area (Å²) in [6, 6.07) is 11.5. The van der Waals surface area contributed by atoms with E-state index in [9.17, 15) is 13.2 Å². The number of anilines is 1. The summed E-state index contributed by atoms with van der Waals surface area (Å²) in [4.78, 5) is 12.1. The second-order valence-electron chi connectivity index (χ2n) is 4.12. The zero-order valence-electron chi connectivity index (χ0n) is 10.5. The number of carbonyl (C=O) groups excluding carboxylic acids is 1. The van der Waals surface area contributed by atoms with Gasteiger partial charge in [0.15, 0.2) is 0 Å². The van der Waals surface area contributed by atoms with Gasteiger partial charge in [-0.25, -0.2) is 13.6 Å². The summed E-state index contributed by atoms with van der Waals surface area (Å²) >= 11 is 5.21. The summed E-state index contributed by atoms with van der Waals surface area (Å²) in [5.74, 6) is -0.268. The van der Waals surface area contributed by atoms with Gasteiger partial charge in [0.1, 0.15) is 0 Å². The molecule has 0 aliphatic heterocycles. The van der Waals surface area contributed by atoms with Crippen molar-refractivity contribution < 1.29 is 13.2 Å². The van der Waals surface area contributed by atoms with Crippen molar-refractivity contribution in [2.45, 2.75) is 4.90 Å². The fraction of sp³-hybridized carbons (Fsp3) is 0.